The number of imidazole rings is 1. The number of amides is 4. The molecule has 1 aliphatic heterocycles. The van der Waals surface area contributed by atoms with Crippen LogP contribution in [0.2, 0.25) is 0 Å². The van der Waals surface area contributed by atoms with Crippen molar-refractivity contribution in [1.82, 2.24) is 56.0 Å². The lowest BCUT2D eigenvalue weighted by Gasteiger charge is -2.24. The highest BCUT2D eigenvalue weighted by Gasteiger charge is 2.34. The summed E-state index contributed by atoms with van der Waals surface area (Å²) in [5.74, 6) is 5.90. The van der Waals surface area contributed by atoms with E-state index in [1.807, 2.05) is 48.2 Å². The Morgan fingerprint density at radius 1 is 0.846 bits per heavy atom. The van der Waals surface area contributed by atoms with Gasteiger partial charge in [-0.25, -0.2) is 19.6 Å². The number of rotatable bonds is 35. The van der Waals surface area contributed by atoms with Crippen LogP contribution < -0.4 is 31.7 Å². The van der Waals surface area contributed by atoms with Crippen molar-refractivity contribution in [3.05, 3.63) is 52.9 Å². The first-order chi connectivity index (χ1) is 37.8. The van der Waals surface area contributed by atoms with Gasteiger partial charge in [0.05, 0.1) is 101 Å². The van der Waals surface area contributed by atoms with Crippen LogP contribution in [0.15, 0.2) is 40.6 Å². The van der Waals surface area contributed by atoms with Crippen LogP contribution in [0.5, 0.6) is 5.75 Å². The van der Waals surface area contributed by atoms with Crippen LogP contribution in [0.1, 0.15) is 76.2 Å². The van der Waals surface area contributed by atoms with E-state index < -0.39 is 11.6 Å². The first-order valence-corrected chi connectivity index (χ1v) is 27.3. The Balaban J connectivity index is 0.685. The summed E-state index contributed by atoms with van der Waals surface area (Å²) < 4.78 is 40.5. The van der Waals surface area contributed by atoms with E-state index in [1.165, 1.54) is 0 Å². The van der Waals surface area contributed by atoms with Crippen molar-refractivity contribution >= 4 is 51.8 Å². The number of likely N-dealkylation sites (tertiary alicyclic amines) is 1. The molecule has 1 atom stereocenters. The second-order valence-electron chi connectivity index (χ2n) is 18.6. The van der Waals surface area contributed by atoms with E-state index in [0.29, 0.717) is 159 Å². The number of nitrogens with one attached hydrogen (secondary N) is 4. The van der Waals surface area contributed by atoms with Crippen LogP contribution in [0.4, 0.5) is 5.82 Å². The summed E-state index contributed by atoms with van der Waals surface area (Å²) in [6.07, 6.45) is 4.73. The predicted octanol–water partition coefficient (Wildman–Crippen LogP) is 2.79. The van der Waals surface area contributed by atoms with Gasteiger partial charge in [-0.1, -0.05) is 30.2 Å². The third-order valence-corrected chi connectivity index (χ3v) is 13.0. The quantitative estimate of drug-likeness (QED) is 0.0251. The van der Waals surface area contributed by atoms with E-state index in [4.69, 9.17) is 43.8 Å². The molecule has 7 N–H and O–H groups in total. The molecule has 1 aromatic carbocycles. The van der Waals surface area contributed by atoms with Crippen molar-refractivity contribution in [1.29, 1.82) is 0 Å². The molecule has 1 saturated heterocycles. The zero-order chi connectivity index (χ0) is 55.5. The summed E-state index contributed by atoms with van der Waals surface area (Å²) in [6.45, 7) is 13.9. The Kier molecular flexibility index (Phi) is 25.1. The van der Waals surface area contributed by atoms with E-state index in [1.54, 1.807) is 36.3 Å². The smallest absolute Gasteiger partial charge is 0.243 e. The van der Waals surface area contributed by atoms with Gasteiger partial charge >= 0.3 is 0 Å². The number of hydrogen-bond donors (Lipinski definition) is 6. The van der Waals surface area contributed by atoms with Crippen LogP contribution in [-0.2, 0) is 56.0 Å². The molecule has 4 amide bonds. The van der Waals surface area contributed by atoms with Crippen LogP contribution in [0.3, 0.4) is 0 Å². The van der Waals surface area contributed by atoms with Gasteiger partial charge in [-0.3, -0.25) is 19.2 Å². The third-order valence-electron chi connectivity index (χ3n) is 12.0. The molecule has 0 unspecified atom stereocenters. The highest BCUT2D eigenvalue weighted by atomic mass is 32.1. The molecule has 0 saturated carbocycles. The van der Waals surface area contributed by atoms with Gasteiger partial charge in [0.2, 0.25) is 23.6 Å². The first kappa shape index (κ1) is 60.6. The Labute approximate surface area is 458 Å². The van der Waals surface area contributed by atoms with Gasteiger partial charge < -0.3 is 70.0 Å². The van der Waals surface area contributed by atoms with Gasteiger partial charge in [-0.2, -0.15) is 0 Å². The van der Waals surface area contributed by atoms with Crippen molar-refractivity contribution in [2.45, 2.75) is 91.0 Å². The lowest BCUT2D eigenvalue weighted by molar-refractivity contribution is -0.138. The Morgan fingerprint density at radius 3 is 2.18 bits per heavy atom. The largest absolute Gasteiger partial charge is 0.490 e. The third kappa shape index (κ3) is 19.7. The van der Waals surface area contributed by atoms with E-state index in [2.05, 4.69) is 53.4 Å². The van der Waals surface area contributed by atoms with Crippen LogP contribution in [0.25, 0.3) is 33.0 Å². The highest BCUT2D eigenvalue weighted by Crippen LogP contribution is 2.33. The van der Waals surface area contributed by atoms with Crippen molar-refractivity contribution in [2.75, 3.05) is 111 Å². The molecule has 0 bridgehead atoms. The number of anilines is 1. The average Bonchev–Trinajstić information content (AvgIpc) is 4.34. The number of benzene rings is 1. The maximum Gasteiger partial charge on any atom is 0.243 e. The molecule has 1 fully saturated rings. The number of aryl methyl sites for hydroxylation is 2. The highest BCUT2D eigenvalue weighted by molar-refractivity contribution is 7.13. The summed E-state index contributed by atoms with van der Waals surface area (Å²) in [4.78, 5) is 66.8. The molecular formula is C53H74N12O12S. The van der Waals surface area contributed by atoms with E-state index >= 15 is 0 Å². The molecule has 5 heterocycles. The lowest BCUT2D eigenvalue weighted by Crippen LogP contribution is -2.48. The van der Waals surface area contributed by atoms with Gasteiger partial charge in [0.1, 0.15) is 28.4 Å². The fraction of sp³-hybridized carbons (Fsp3) is 0.566. The van der Waals surface area contributed by atoms with Crippen molar-refractivity contribution in [2.24, 2.45) is 0 Å². The van der Waals surface area contributed by atoms with Crippen molar-refractivity contribution in [3.8, 4) is 39.5 Å². The Morgan fingerprint density at radius 2 is 1.53 bits per heavy atom. The number of nitrogen functional groups attached to an aromatic ring is 1. The molecule has 6 rings (SSSR count). The topological polar surface area (TPSA) is 304 Å². The van der Waals surface area contributed by atoms with Crippen molar-refractivity contribution in [3.63, 3.8) is 0 Å². The minimum absolute atomic E-state index is 0.0450. The zero-order valence-corrected chi connectivity index (χ0v) is 45.9. The molecule has 24 nitrogen and oxygen atoms in total. The fourth-order valence-electron chi connectivity index (χ4n) is 8.10. The molecule has 25 heteroatoms. The van der Waals surface area contributed by atoms with Crippen LogP contribution >= 0.6 is 11.3 Å². The second kappa shape index (κ2) is 32.3. The molecule has 1 aliphatic rings. The van der Waals surface area contributed by atoms with Crippen LogP contribution in [-0.4, -0.2) is 181 Å². The summed E-state index contributed by atoms with van der Waals surface area (Å²) in [5, 5.41) is 29.6. The number of aromatic nitrogens is 6. The maximum absolute atomic E-state index is 13.0. The Bertz CT molecular complexity index is 2730. The molecule has 5 aromatic rings. The number of thiazole rings is 1. The van der Waals surface area contributed by atoms with E-state index in [-0.39, 0.29) is 54.7 Å². The number of carbonyl (C=O) groups is 4. The van der Waals surface area contributed by atoms with E-state index in [0.717, 1.165) is 28.1 Å². The van der Waals surface area contributed by atoms with Crippen LogP contribution in [0, 0.1) is 18.8 Å². The van der Waals surface area contributed by atoms with E-state index in [9.17, 15) is 24.3 Å². The SMILES string of the molecule is CCn1c(-c2nonc2N)nc2c(C#CC(C)(C)O)ncc(OCCCNCCCC(=O)NCCOCCOCCOCCOCCOCCC(=O)NCC(=O)N3CCC[C@H]3C(=O)NCc3ccc(-c4scnc4C)cc3)c21. The molecular weight excluding hydrogens is 1030 g/mol. The van der Waals surface area contributed by atoms with Gasteiger partial charge in [-0.15, -0.1) is 11.3 Å². The van der Waals surface area contributed by atoms with Gasteiger partial charge in [0.25, 0.3) is 0 Å². The number of hydrogen-bond acceptors (Lipinski definition) is 20. The minimum Gasteiger partial charge on any atom is -0.490 e. The minimum atomic E-state index is -1.23. The number of pyridine rings is 1. The summed E-state index contributed by atoms with van der Waals surface area (Å²) >= 11 is 1.59. The standard InChI is InChI=1S/C53H74N12O12S/c1-5-64-48-42(34-57-40(15-17-53(3,4)70)46(48)61-51(64)47-50(54)63-77-62-47)76-22-8-19-55-18-6-10-43(66)56-20-24-72-26-28-74-30-32-75-31-29-73-27-25-71-23-16-44(67)58-35-45(68)65-21-7-9-41(65)52(69)59-33-38-11-13-39(14-12-38)49-37(2)60-36-78-49/h11-14,34,36,41,55,70H,5-10,16,18-33,35H2,1-4H3,(H2,54,63)(H,56,66)(H,58,67)(H,59,69)/t41-/m0/s1. The number of nitrogens with zero attached hydrogens (tertiary/aromatic N) is 7. The normalized spacial score (nSPS) is 13.4. The number of fused-ring (bicyclic) bond motifs is 1. The molecule has 0 aliphatic carbocycles. The lowest BCUT2D eigenvalue weighted by atomic mass is 10.1. The molecule has 0 radical (unpaired) electrons. The average molecular weight is 1100 g/mol. The Hall–Kier alpha value is -6.63. The van der Waals surface area contributed by atoms with Crippen molar-refractivity contribution < 1.29 is 57.3 Å². The summed E-state index contributed by atoms with van der Waals surface area (Å²) in [5.41, 5.74) is 11.4. The second-order valence-corrected chi connectivity index (χ2v) is 19.4. The predicted molar refractivity (Wildman–Crippen MR) is 290 cm³/mol. The molecule has 78 heavy (non-hydrogen) atoms. The first-order valence-electron chi connectivity index (χ1n) is 26.4. The van der Waals surface area contributed by atoms with Gasteiger partial charge in [0, 0.05) is 39.0 Å². The maximum atomic E-state index is 13.0. The number of ether oxygens (including phenoxy) is 6. The number of nitrogens with two attached hydrogens (primary N) is 1. The number of aliphatic hydroxyl groups is 1. The fourth-order valence-corrected chi connectivity index (χ4v) is 8.91. The summed E-state index contributed by atoms with van der Waals surface area (Å²) in [6, 6.07) is 7.42. The van der Waals surface area contributed by atoms with Gasteiger partial charge in [0.15, 0.2) is 23.1 Å². The monoisotopic (exact) mass is 1100 g/mol. The zero-order valence-electron chi connectivity index (χ0n) is 45.1. The summed E-state index contributed by atoms with van der Waals surface area (Å²) in [7, 11) is 0. The number of carbonyl (C=O) groups excluding carboxylic acids is 4. The molecule has 0 spiro atoms. The van der Waals surface area contributed by atoms with Gasteiger partial charge in [-0.05, 0) is 93.8 Å². The molecule has 424 valence electrons. The molecule has 4 aromatic heterocycles.